The highest BCUT2D eigenvalue weighted by Gasteiger charge is 2.21. The molecule has 3 aromatic heterocycles. The first-order chi connectivity index (χ1) is 15.5. The van der Waals surface area contributed by atoms with E-state index in [9.17, 15) is 9.18 Å². The molecule has 0 radical (unpaired) electrons. The number of pyridine rings is 1. The van der Waals surface area contributed by atoms with Crippen molar-refractivity contribution < 1.29 is 14.3 Å². The van der Waals surface area contributed by atoms with Crippen molar-refractivity contribution in [3.63, 3.8) is 0 Å². The van der Waals surface area contributed by atoms with E-state index < -0.39 is 12.4 Å². The minimum atomic E-state index is -0.521. The molecule has 1 amide bonds. The van der Waals surface area contributed by atoms with Crippen LogP contribution in [0.3, 0.4) is 0 Å². The average Bonchev–Trinajstić information content (AvgIpc) is 3.21. The summed E-state index contributed by atoms with van der Waals surface area (Å²) in [5.41, 5.74) is 1.80. The van der Waals surface area contributed by atoms with Gasteiger partial charge < -0.3 is 25.5 Å². The number of hydrogen-bond acceptors (Lipinski definition) is 10. The van der Waals surface area contributed by atoms with E-state index in [1.54, 1.807) is 31.1 Å². The van der Waals surface area contributed by atoms with Gasteiger partial charge in [-0.05, 0) is 19.1 Å². The molecule has 1 aliphatic rings. The Bertz CT molecular complexity index is 1100. The first-order valence-corrected chi connectivity index (χ1v) is 10.8. The van der Waals surface area contributed by atoms with E-state index in [4.69, 9.17) is 5.11 Å². The lowest BCUT2D eigenvalue weighted by atomic mass is 10.2. The van der Waals surface area contributed by atoms with Gasteiger partial charge in [0, 0.05) is 33.2 Å². The van der Waals surface area contributed by atoms with Gasteiger partial charge in [0.05, 0.1) is 28.7 Å². The number of aromatic nitrogens is 4. The maximum atomic E-state index is 14.4. The molecule has 0 bridgehead atoms. The largest absolute Gasteiger partial charge is 0.387 e. The van der Waals surface area contributed by atoms with Crippen molar-refractivity contribution in [2.24, 2.45) is 0 Å². The van der Waals surface area contributed by atoms with Gasteiger partial charge in [0.2, 0.25) is 11.9 Å². The fourth-order valence-corrected chi connectivity index (χ4v) is 4.30. The molecule has 3 N–H and O–H groups in total. The number of anilines is 4. The minimum absolute atomic E-state index is 0.186. The summed E-state index contributed by atoms with van der Waals surface area (Å²) in [5, 5.41) is 15.6. The van der Waals surface area contributed by atoms with Crippen LogP contribution in [0.2, 0.25) is 0 Å². The second-order valence-electron chi connectivity index (χ2n) is 7.13. The molecule has 168 valence electrons. The summed E-state index contributed by atoms with van der Waals surface area (Å²) >= 11 is 1.32. The van der Waals surface area contributed by atoms with E-state index in [0.717, 1.165) is 11.9 Å². The van der Waals surface area contributed by atoms with Crippen LogP contribution in [0.4, 0.5) is 27.0 Å². The maximum Gasteiger partial charge on any atom is 0.248 e. The number of aryl methyl sites for hydroxylation is 1. The first-order valence-electron chi connectivity index (χ1n) is 10.0. The molecule has 4 heterocycles. The fourth-order valence-electron chi connectivity index (χ4n) is 3.39. The summed E-state index contributed by atoms with van der Waals surface area (Å²) in [5.74, 6) is -0.0160. The van der Waals surface area contributed by atoms with Crippen molar-refractivity contribution in [3.05, 3.63) is 36.0 Å². The third-order valence-corrected chi connectivity index (χ3v) is 6.27. The number of piperazine rings is 1. The summed E-state index contributed by atoms with van der Waals surface area (Å²) in [6, 6.07) is 3.71. The molecule has 0 unspecified atom stereocenters. The lowest BCUT2D eigenvalue weighted by Gasteiger charge is -2.35. The molecule has 1 aliphatic heterocycles. The highest BCUT2D eigenvalue weighted by molar-refractivity contribution is 7.19. The third kappa shape index (κ3) is 4.60. The zero-order valence-electron chi connectivity index (χ0n) is 17.7. The lowest BCUT2D eigenvalue weighted by Crippen LogP contribution is -2.49. The zero-order valence-corrected chi connectivity index (χ0v) is 18.5. The van der Waals surface area contributed by atoms with Gasteiger partial charge in [-0.15, -0.1) is 0 Å². The quantitative estimate of drug-likeness (QED) is 0.508. The number of amides is 1. The van der Waals surface area contributed by atoms with Crippen molar-refractivity contribution in [3.8, 4) is 10.6 Å². The van der Waals surface area contributed by atoms with Gasteiger partial charge >= 0.3 is 0 Å². The molecular weight excluding hydrogens is 435 g/mol. The summed E-state index contributed by atoms with van der Waals surface area (Å²) in [6.07, 6.45) is 2.85. The van der Waals surface area contributed by atoms with Crippen molar-refractivity contribution in [1.29, 1.82) is 0 Å². The molecule has 10 nitrogen and oxygen atoms in total. The molecule has 0 aromatic carbocycles. The molecule has 32 heavy (non-hydrogen) atoms. The summed E-state index contributed by atoms with van der Waals surface area (Å²) in [7, 11) is 1.76. The maximum absolute atomic E-state index is 14.4. The Hall–Kier alpha value is -3.38. The van der Waals surface area contributed by atoms with Crippen LogP contribution in [0.5, 0.6) is 0 Å². The number of thiazole rings is 1. The van der Waals surface area contributed by atoms with Crippen LogP contribution in [0.1, 0.15) is 5.69 Å². The van der Waals surface area contributed by atoms with Crippen molar-refractivity contribution >= 4 is 39.8 Å². The second kappa shape index (κ2) is 9.40. The number of halogens is 1. The van der Waals surface area contributed by atoms with Crippen LogP contribution >= 0.6 is 11.3 Å². The Balaban J connectivity index is 1.45. The van der Waals surface area contributed by atoms with Crippen LogP contribution < -0.4 is 15.5 Å². The highest BCUT2D eigenvalue weighted by Crippen LogP contribution is 2.33. The molecule has 1 saturated heterocycles. The topological polar surface area (TPSA) is 119 Å². The molecular formula is C20H23FN8O2S. The number of aliphatic hydroxyl groups is 1. The smallest absolute Gasteiger partial charge is 0.248 e. The molecule has 4 rings (SSSR count). The van der Waals surface area contributed by atoms with Gasteiger partial charge in [-0.1, -0.05) is 11.3 Å². The van der Waals surface area contributed by atoms with Crippen LogP contribution in [0.25, 0.3) is 10.6 Å². The summed E-state index contributed by atoms with van der Waals surface area (Å²) in [6.45, 7) is 3.77. The average molecular weight is 459 g/mol. The van der Waals surface area contributed by atoms with E-state index in [-0.39, 0.29) is 17.5 Å². The van der Waals surface area contributed by atoms with Crippen LogP contribution in [-0.2, 0) is 4.79 Å². The predicted molar refractivity (Wildman–Crippen MR) is 121 cm³/mol. The summed E-state index contributed by atoms with van der Waals surface area (Å²) < 4.78 is 14.4. The van der Waals surface area contributed by atoms with Gasteiger partial charge in [-0.25, -0.2) is 24.3 Å². The number of rotatable bonds is 6. The van der Waals surface area contributed by atoms with Crippen molar-refractivity contribution in [2.75, 3.05) is 55.4 Å². The molecule has 0 saturated carbocycles. The molecule has 0 spiro atoms. The van der Waals surface area contributed by atoms with E-state index in [1.165, 1.54) is 11.3 Å². The van der Waals surface area contributed by atoms with E-state index in [1.807, 2.05) is 6.07 Å². The van der Waals surface area contributed by atoms with E-state index >= 15 is 0 Å². The normalized spacial score (nSPS) is 13.9. The van der Waals surface area contributed by atoms with Crippen molar-refractivity contribution in [2.45, 2.75) is 6.92 Å². The standard InChI is InChI=1S/C20H23FN8O2S/c1-12-18(32-20(22-2)25-12)17-14(21)10-24-19(27-17)26-15-4-3-13(9-23-15)28-5-7-29(8-6-28)16(31)11-30/h3-4,9-10,30H,5-8,11H2,1-2H3,(H,22,25)(H,23,24,26,27). The third-order valence-electron chi connectivity index (χ3n) is 5.09. The number of aliphatic hydroxyl groups excluding tert-OH is 1. The molecule has 0 atom stereocenters. The van der Waals surface area contributed by atoms with Crippen LogP contribution in [0.15, 0.2) is 24.5 Å². The van der Waals surface area contributed by atoms with Gasteiger partial charge in [0.1, 0.15) is 18.1 Å². The molecule has 12 heteroatoms. The fraction of sp³-hybridized carbons (Fsp3) is 0.350. The zero-order chi connectivity index (χ0) is 22.7. The van der Waals surface area contributed by atoms with Gasteiger partial charge in [0.15, 0.2) is 10.9 Å². The Kier molecular flexibility index (Phi) is 6.42. The van der Waals surface area contributed by atoms with E-state index in [2.05, 4.69) is 35.5 Å². The highest BCUT2D eigenvalue weighted by atomic mass is 32.1. The second-order valence-corrected chi connectivity index (χ2v) is 8.13. The Morgan fingerprint density at radius 2 is 1.97 bits per heavy atom. The van der Waals surface area contributed by atoms with Crippen molar-refractivity contribution in [1.82, 2.24) is 24.8 Å². The first kappa shape index (κ1) is 21.8. The molecule has 1 fully saturated rings. The van der Waals surface area contributed by atoms with Gasteiger partial charge in [-0.3, -0.25) is 4.79 Å². The molecule has 0 aliphatic carbocycles. The Morgan fingerprint density at radius 3 is 2.59 bits per heavy atom. The Morgan fingerprint density at radius 1 is 1.19 bits per heavy atom. The predicted octanol–water partition coefficient (Wildman–Crippen LogP) is 1.87. The Labute approximate surface area is 188 Å². The number of carbonyl (C=O) groups is 1. The number of nitrogens with one attached hydrogen (secondary N) is 2. The van der Waals surface area contributed by atoms with Gasteiger partial charge in [-0.2, -0.15) is 0 Å². The summed E-state index contributed by atoms with van der Waals surface area (Å²) in [4.78, 5) is 33.1. The van der Waals surface area contributed by atoms with Crippen LogP contribution in [0, 0.1) is 12.7 Å². The lowest BCUT2D eigenvalue weighted by molar-refractivity contribution is -0.134. The SMILES string of the molecule is CNc1nc(C)c(-c2nc(Nc3ccc(N4CCN(C(=O)CO)CC4)cn3)ncc2F)s1. The van der Waals surface area contributed by atoms with Gasteiger partial charge in [0.25, 0.3) is 0 Å². The number of nitrogens with zero attached hydrogens (tertiary/aromatic N) is 6. The number of carbonyl (C=O) groups excluding carboxylic acids is 1. The van der Waals surface area contributed by atoms with E-state index in [0.29, 0.717) is 47.7 Å². The number of hydrogen-bond donors (Lipinski definition) is 3. The van der Waals surface area contributed by atoms with Crippen LogP contribution in [-0.4, -0.2) is 75.7 Å². The monoisotopic (exact) mass is 458 g/mol. The minimum Gasteiger partial charge on any atom is -0.387 e. The molecule has 3 aromatic rings.